The van der Waals surface area contributed by atoms with E-state index in [2.05, 4.69) is 5.32 Å². The lowest BCUT2D eigenvalue weighted by Crippen LogP contribution is -2.33. The van der Waals surface area contributed by atoms with E-state index in [0.29, 0.717) is 18.8 Å². The van der Waals surface area contributed by atoms with Crippen LogP contribution in [0.15, 0.2) is 23.1 Å². The average molecular weight is 385 g/mol. The van der Waals surface area contributed by atoms with Gasteiger partial charge in [0.1, 0.15) is 10.6 Å². The lowest BCUT2D eigenvalue weighted by atomic mass is 10.3. The highest BCUT2D eigenvalue weighted by Crippen LogP contribution is 2.31. The molecule has 9 nitrogen and oxygen atoms in total. The maximum Gasteiger partial charge on any atom is 0.321 e. The van der Waals surface area contributed by atoms with Gasteiger partial charge in [0.05, 0.1) is 13.5 Å². The maximum atomic E-state index is 12.7. The molecule has 2 amide bonds. The number of carbonyl (C=O) groups is 2. The van der Waals surface area contributed by atoms with Gasteiger partial charge in [-0.25, -0.2) is 13.2 Å². The summed E-state index contributed by atoms with van der Waals surface area (Å²) in [6.45, 7) is 1.02. The van der Waals surface area contributed by atoms with Crippen LogP contribution in [0.25, 0.3) is 0 Å². The molecule has 2 rings (SSSR count). The van der Waals surface area contributed by atoms with Gasteiger partial charge in [-0.3, -0.25) is 4.79 Å². The Balaban J connectivity index is 2.15. The largest absolute Gasteiger partial charge is 0.495 e. The Morgan fingerprint density at radius 1 is 1.31 bits per heavy atom. The Morgan fingerprint density at radius 2 is 1.96 bits per heavy atom. The second-order valence-corrected chi connectivity index (χ2v) is 7.88. The van der Waals surface area contributed by atoms with Gasteiger partial charge in [-0.15, -0.1) is 0 Å². The Bertz CT molecular complexity index is 774. The summed E-state index contributed by atoms with van der Waals surface area (Å²) in [6.07, 6.45) is 1.50. The van der Waals surface area contributed by atoms with Crippen LogP contribution in [0.4, 0.5) is 10.5 Å². The minimum absolute atomic E-state index is 0.0548. The zero-order valence-electron chi connectivity index (χ0n) is 14.8. The molecule has 1 aliphatic rings. The number of hydrogen-bond acceptors (Lipinski definition) is 5. The molecule has 0 bridgehead atoms. The summed E-state index contributed by atoms with van der Waals surface area (Å²) in [7, 11) is -0.803. The summed E-state index contributed by atoms with van der Waals surface area (Å²) >= 11 is 0. The van der Waals surface area contributed by atoms with Crippen molar-refractivity contribution in [3.8, 4) is 5.75 Å². The number of hydrogen-bond donors (Lipinski definition) is 2. The molecule has 26 heavy (non-hydrogen) atoms. The number of aliphatic carboxylic acids is 1. The van der Waals surface area contributed by atoms with Crippen LogP contribution in [0.1, 0.15) is 19.3 Å². The number of amides is 2. The molecule has 0 aliphatic carbocycles. The Morgan fingerprint density at radius 3 is 2.54 bits per heavy atom. The lowest BCUT2D eigenvalue weighted by molar-refractivity contribution is -0.137. The first-order valence-corrected chi connectivity index (χ1v) is 9.62. The van der Waals surface area contributed by atoms with E-state index >= 15 is 0 Å². The molecule has 144 valence electrons. The molecule has 0 spiro atoms. The van der Waals surface area contributed by atoms with Gasteiger partial charge in [0.25, 0.3) is 0 Å². The molecule has 1 aliphatic heterocycles. The summed E-state index contributed by atoms with van der Waals surface area (Å²) in [5.74, 6) is -0.856. The van der Waals surface area contributed by atoms with Crippen molar-refractivity contribution < 1.29 is 27.9 Å². The number of methoxy groups -OCH3 is 1. The molecule has 1 saturated heterocycles. The van der Waals surface area contributed by atoms with Gasteiger partial charge in [0, 0.05) is 38.4 Å². The fraction of sp³-hybridized carbons (Fsp3) is 0.500. The molecule has 0 saturated carbocycles. The number of ether oxygens (including phenoxy) is 1. The van der Waals surface area contributed by atoms with Gasteiger partial charge in [-0.05, 0) is 25.0 Å². The van der Waals surface area contributed by atoms with Crippen molar-refractivity contribution in [2.75, 3.05) is 39.1 Å². The topological polar surface area (TPSA) is 116 Å². The molecular weight excluding hydrogens is 362 g/mol. The molecule has 0 radical (unpaired) electrons. The second-order valence-electron chi connectivity index (χ2n) is 5.97. The second kappa shape index (κ2) is 8.37. The summed E-state index contributed by atoms with van der Waals surface area (Å²) in [5.41, 5.74) is 0.356. The van der Waals surface area contributed by atoms with Gasteiger partial charge in [0.2, 0.25) is 10.0 Å². The number of nitrogens with zero attached hydrogens (tertiary/aromatic N) is 2. The van der Waals surface area contributed by atoms with E-state index in [-0.39, 0.29) is 23.6 Å². The fourth-order valence-corrected chi connectivity index (χ4v) is 4.26. The third kappa shape index (κ3) is 4.64. The van der Waals surface area contributed by atoms with Crippen LogP contribution in [0, 0.1) is 0 Å². The zero-order chi connectivity index (χ0) is 19.3. The standard InChI is InChI=1S/C16H23N3O6S/c1-18(10-7-15(20)21)16(22)17-12-5-6-14(13(11-12)25-2)26(23,24)19-8-3-4-9-19/h5-6,11H,3-4,7-10H2,1-2H3,(H,17,22)(H,20,21). The first kappa shape index (κ1) is 20.0. The van der Waals surface area contributed by atoms with Crippen molar-refractivity contribution >= 4 is 27.7 Å². The number of carbonyl (C=O) groups excluding carboxylic acids is 1. The summed E-state index contributed by atoms with van der Waals surface area (Å²) < 4.78 is 32.0. The van der Waals surface area contributed by atoms with Crippen molar-refractivity contribution in [3.63, 3.8) is 0 Å². The van der Waals surface area contributed by atoms with Gasteiger partial charge in [-0.2, -0.15) is 4.31 Å². The molecule has 1 heterocycles. The van der Waals surface area contributed by atoms with E-state index in [9.17, 15) is 18.0 Å². The van der Waals surface area contributed by atoms with Crippen molar-refractivity contribution in [1.82, 2.24) is 9.21 Å². The highest BCUT2D eigenvalue weighted by molar-refractivity contribution is 7.89. The highest BCUT2D eigenvalue weighted by Gasteiger charge is 2.30. The molecule has 1 fully saturated rings. The zero-order valence-corrected chi connectivity index (χ0v) is 15.6. The van der Waals surface area contributed by atoms with E-state index in [0.717, 1.165) is 12.8 Å². The predicted octanol–water partition coefficient (Wildman–Crippen LogP) is 1.42. The number of carboxylic acid groups (broad SMARTS) is 1. The van der Waals surface area contributed by atoms with E-state index in [4.69, 9.17) is 9.84 Å². The normalized spacial score (nSPS) is 14.8. The number of urea groups is 1. The third-order valence-corrected chi connectivity index (χ3v) is 6.04. The molecule has 1 aromatic rings. The molecule has 0 atom stereocenters. The van der Waals surface area contributed by atoms with Crippen LogP contribution in [-0.2, 0) is 14.8 Å². The molecule has 1 aromatic carbocycles. The van der Waals surface area contributed by atoms with Gasteiger partial charge >= 0.3 is 12.0 Å². The van der Waals surface area contributed by atoms with Crippen molar-refractivity contribution in [2.24, 2.45) is 0 Å². The Kier molecular flexibility index (Phi) is 6.43. The molecule has 0 unspecified atom stereocenters. The summed E-state index contributed by atoms with van der Waals surface area (Å²) in [4.78, 5) is 23.9. The SMILES string of the molecule is COc1cc(NC(=O)N(C)CCC(=O)O)ccc1S(=O)(=O)N1CCCC1. The quantitative estimate of drug-likeness (QED) is 0.733. The van der Waals surface area contributed by atoms with Crippen LogP contribution < -0.4 is 10.1 Å². The predicted molar refractivity (Wildman–Crippen MR) is 94.9 cm³/mol. The van der Waals surface area contributed by atoms with E-state index in [1.807, 2.05) is 0 Å². The van der Waals surface area contributed by atoms with Crippen LogP contribution in [0.5, 0.6) is 5.75 Å². The molecule has 2 N–H and O–H groups in total. The van der Waals surface area contributed by atoms with Gasteiger partial charge < -0.3 is 20.1 Å². The monoisotopic (exact) mass is 385 g/mol. The average Bonchev–Trinajstić information content (AvgIpc) is 3.14. The van der Waals surface area contributed by atoms with Crippen LogP contribution in [0.3, 0.4) is 0 Å². The van der Waals surface area contributed by atoms with Crippen LogP contribution >= 0.6 is 0 Å². The molecule has 0 aromatic heterocycles. The third-order valence-electron chi connectivity index (χ3n) is 4.11. The number of benzene rings is 1. The Hall–Kier alpha value is -2.33. The van der Waals surface area contributed by atoms with Crippen LogP contribution in [0.2, 0.25) is 0 Å². The number of rotatable bonds is 7. The van der Waals surface area contributed by atoms with E-state index in [1.54, 1.807) is 0 Å². The fourth-order valence-electron chi connectivity index (χ4n) is 2.61. The number of carboxylic acids is 1. The highest BCUT2D eigenvalue weighted by atomic mass is 32.2. The first-order valence-electron chi connectivity index (χ1n) is 8.18. The smallest absolute Gasteiger partial charge is 0.321 e. The number of nitrogens with one attached hydrogen (secondary N) is 1. The van der Waals surface area contributed by atoms with Crippen molar-refractivity contribution in [1.29, 1.82) is 0 Å². The summed E-state index contributed by atoms with van der Waals surface area (Å²) in [5, 5.41) is 11.3. The van der Waals surface area contributed by atoms with Crippen molar-refractivity contribution in [3.05, 3.63) is 18.2 Å². The van der Waals surface area contributed by atoms with Gasteiger partial charge in [0.15, 0.2) is 0 Å². The maximum absolute atomic E-state index is 12.7. The van der Waals surface area contributed by atoms with E-state index in [1.165, 1.54) is 41.6 Å². The first-order chi connectivity index (χ1) is 12.3. The molecule has 10 heteroatoms. The number of anilines is 1. The Labute approximate surface area is 152 Å². The van der Waals surface area contributed by atoms with Gasteiger partial charge in [-0.1, -0.05) is 0 Å². The summed E-state index contributed by atoms with van der Waals surface area (Å²) in [6, 6.07) is 3.82. The van der Waals surface area contributed by atoms with Crippen molar-refractivity contribution in [2.45, 2.75) is 24.2 Å². The molecular formula is C16H23N3O6S. The van der Waals surface area contributed by atoms with E-state index < -0.39 is 22.0 Å². The van der Waals surface area contributed by atoms with Crippen LogP contribution in [-0.4, -0.2) is 68.5 Å². The minimum Gasteiger partial charge on any atom is -0.495 e. The lowest BCUT2D eigenvalue weighted by Gasteiger charge is -2.19. The minimum atomic E-state index is -3.64. The number of sulfonamides is 1.